The fourth-order valence-electron chi connectivity index (χ4n) is 3.36. The van der Waals surface area contributed by atoms with E-state index in [1.54, 1.807) is 6.08 Å². The summed E-state index contributed by atoms with van der Waals surface area (Å²) in [5.74, 6) is -0.212. The third kappa shape index (κ3) is 6.22. The van der Waals surface area contributed by atoms with E-state index in [1.807, 2.05) is 30.3 Å². The summed E-state index contributed by atoms with van der Waals surface area (Å²) in [6.07, 6.45) is 11.4. The number of carbonyl (C=O) groups is 1. The van der Waals surface area contributed by atoms with Crippen molar-refractivity contribution in [2.24, 2.45) is 0 Å². The van der Waals surface area contributed by atoms with Gasteiger partial charge in [0.2, 0.25) is 0 Å². The molecule has 1 aliphatic heterocycles. The molecule has 0 N–H and O–H groups in total. The third-order valence-electron chi connectivity index (χ3n) is 4.80. The Morgan fingerprint density at radius 2 is 1.48 bits per heavy atom. The maximum absolute atomic E-state index is 12.0. The summed E-state index contributed by atoms with van der Waals surface area (Å²) >= 11 is 0. The molecule has 0 amide bonds. The van der Waals surface area contributed by atoms with Crippen LogP contribution < -0.4 is 0 Å². The van der Waals surface area contributed by atoms with E-state index in [2.05, 4.69) is 18.7 Å². The fourth-order valence-corrected chi connectivity index (χ4v) is 3.36. The van der Waals surface area contributed by atoms with Crippen LogP contribution in [0.2, 0.25) is 0 Å². The summed E-state index contributed by atoms with van der Waals surface area (Å²) in [5.41, 5.74) is 2.11. The summed E-state index contributed by atoms with van der Waals surface area (Å²) in [6.45, 7) is 6.50. The molecule has 3 heteroatoms. The molecule has 1 aromatic rings. The van der Waals surface area contributed by atoms with Gasteiger partial charge in [0.1, 0.15) is 0 Å². The van der Waals surface area contributed by atoms with Gasteiger partial charge >= 0.3 is 5.97 Å². The highest BCUT2D eigenvalue weighted by molar-refractivity contribution is 5.86. The van der Waals surface area contributed by atoms with Crippen LogP contribution in [0.3, 0.4) is 0 Å². The zero-order chi connectivity index (χ0) is 17.9. The zero-order valence-electron chi connectivity index (χ0n) is 15.9. The van der Waals surface area contributed by atoms with Crippen LogP contribution in [-0.2, 0) is 9.53 Å². The quantitative estimate of drug-likeness (QED) is 0.364. The zero-order valence-corrected chi connectivity index (χ0v) is 15.9. The minimum absolute atomic E-state index is 0.212. The molecule has 0 bridgehead atoms. The Morgan fingerprint density at radius 1 is 0.880 bits per heavy atom. The number of cyclic esters (lactones) is 1. The van der Waals surface area contributed by atoms with Crippen LogP contribution in [0, 0.1) is 0 Å². The van der Waals surface area contributed by atoms with Gasteiger partial charge in [-0.25, -0.2) is 4.79 Å². The van der Waals surface area contributed by atoms with E-state index in [4.69, 9.17) is 4.74 Å². The van der Waals surface area contributed by atoms with E-state index < -0.39 is 0 Å². The van der Waals surface area contributed by atoms with Gasteiger partial charge in [-0.15, -0.1) is 0 Å². The number of carbonyl (C=O) groups excluding carboxylic acids is 1. The molecule has 0 saturated heterocycles. The molecule has 138 valence electrons. The van der Waals surface area contributed by atoms with Crippen molar-refractivity contribution in [1.82, 2.24) is 4.90 Å². The standard InChI is InChI=1S/C22H33NO2/c1-3-5-7-12-16-23(17-13-8-6-4-2)20-18-21(24)25-22(20)19-14-10-9-11-15-19/h9-11,14-15,18,22H,3-8,12-13,16-17H2,1-2H3. The Balaban J connectivity index is 2.06. The van der Waals surface area contributed by atoms with Crippen LogP contribution in [0.15, 0.2) is 42.1 Å². The first kappa shape index (κ1) is 19.6. The first-order valence-electron chi connectivity index (χ1n) is 9.98. The van der Waals surface area contributed by atoms with Crippen LogP contribution >= 0.6 is 0 Å². The van der Waals surface area contributed by atoms with Crippen molar-refractivity contribution >= 4 is 5.97 Å². The van der Waals surface area contributed by atoms with Crippen molar-refractivity contribution in [2.75, 3.05) is 13.1 Å². The van der Waals surface area contributed by atoms with E-state index in [1.165, 1.54) is 51.4 Å². The molecule has 1 aromatic carbocycles. The smallest absolute Gasteiger partial charge is 0.333 e. The minimum Gasteiger partial charge on any atom is -0.448 e. The fraction of sp³-hybridized carbons (Fsp3) is 0.591. The van der Waals surface area contributed by atoms with Crippen molar-refractivity contribution in [3.8, 4) is 0 Å². The predicted molar refractivity (Wildman–Crippen MR) is 103 cm³/mol. The van der Waals surface area contributed by atoms with E-state index in [0.29, 0.717) is 0 Å². The summed E-state index contributed by atoms with van der Waals surface area (Å²) in [7, 11) is 0. The van der Waals surface area contributed by atoms with Gasteiger partial charge in [0, 0.05) is 19.2 Å². The largest absolute Gasteiger partial charge is 0.448 e. The lowest BCUT2D eigenvalue weighted by atomic mass is 10.1. The van der Waals surface area contributed by atoms with Crippen LogP contribution in [0.5, 0.6) is 0 Å². The second-order valence-corrected chi connectivity index (χ2v) is 6.91. The van der Waals surface area contributed by atoms with E-state index in [0.717, 1.165) is 24.4 Å². The molecular weight excluding hydrogens is 310 g/mol. The summed E-state index contributed by atoms with van der Waals surface area (Å²) in [6, 6.07) is 10.1. The van der Waals surface area contributed by atoms with Crippen molar-refractivity contribution in [2.45, 2.75) is 71.3 Å². The predicted octanol–water partition coefficient (Wildman–Crippen LogP) is 5.63. The van der Waals surface area contributed by atoms with Gasteiger partial charge in [0.15, 0.2) is 6.10 Å². The van der Waals surface area contributed by atoms with Gasteiger partial charge in [-0.3, -0.25) is 0 Å². The number of ether oxygens (including phenoxy) is 1. The molecule has 3 nitrogen and oxygen atoms in total. The number of unbranched alkanes of at least 4 members (excludes halogenated alkanes) is 6. The summed E-state index contributed by atoms with van der Waals surface area (Å²) in [4.78, 5) is 14.4. The number of esters is 1. The number of hydrogen-bond acceptors (Lipinski definition) is 3. The Bertz CT molecular complexity index is 526. The average molecular weight is 344 g/mol. The first-order valence-corrected chi connectivity index (χ1v) is 9.98. The lowest BCUT2D eigenvalue weighted by Gasteiger charge is -2.29. The van der Waals surface area contributed by atoms with Crippen molar-refractivity contribution < 1.29 is 9.53 Å². The topological polar surface area (TPSA) is 29.5 Å². The van der Waals surface area contributed by atoms with E-state index >= 15 is 0 Å². The average Bonchev–Trinajstić information content (AvgIpc) is 3.03. The molecule has 0 spiro atoms. The Kier molecular flexibility index (Phi) is 8.58. The number of benzene rings is 1. The SMILES string of the molecule is CCCCCCN(CCCCCC)C1=CC(=O)OC1c1ccccc1. The first-order chi connectivity index (χ1) is 12.3. The lowest BCUT2D eigenvalue weighted by Crippen LogP contribution is -2.28. The molecule has 1 atom stereocenters. The lowest BCUT2D eigenvalue weighted by molar-refractivity contribution is -0.139. The van der Waals surface area contributed by atoms with Gasteiger partial charge in [-0.1, -0.05) is 82.7 Å². The maximum atomic E-state index is 12.0. The Hall–Kier alpha value is -1.77. The van der Waals surface area contributed by atoms with Crippen LogP contribution in [0.1, 0.15) is 76.9 Å². The van der Waals surface area contributed by atoms with Gasteiger partial charge in [-0.05, 0) is 18.4 Å². The van der Waals surface area contributed by atoms with Crippen LogP contribution in [0.25, 0.3) is 0 Å². The monoisotopic (exact) mass is 343 g/mol. The van der Waals surface area contributed by atoms with Crippen LogP contribution in [-0.4, -0.2) is 24.0 Å². The molecule has 25 heavy (non-hydrogen) atoms. The van der Waals surface area contributed by atoms with Gasteiger partial charge in [0.25, 0.3) is 0 Å². The second kappa shape index (κ2) is 11.0. The third-order valence-corrected chi connectivity index (χ3v) is 4.80. The van der Waals surface area contributed by atoms with Crippen molar-refractivity contribution in [1.29, 1.82) is 0 Å². The normalized spacial score (nSPS) is 16.6. The van der Waals surface area contributed by atoms with Gasteiger partial charge in [0.05, 0.1) is 5.70 Å². The number of nitrogens with zero attached hydrogens (tertiary/aromatic N) is 1. The molecule has 0 fully saturated rings. The molecule has 1 heterocycles. The molecule has 0 aliphatic carbocycles. The molecule has 0 saturated carbocycles. The molecule has 2 rings (SSSR count). The van der Waals surface area contributed by atoms with E-state index in [9.17, 15) is 4.79 Å². The number of hydrogen-bond donors (Lipinski definition) is 0. The molecular formula is C22H33NO2. The highest BCUT2D eigenvalue weighted by Crippen LogP contribution is 2.33. The Labute approximate surface area is 153 Å². The summed E-state index contributed by atoms with van der Waals surface area (Å²) in [5, 5.41) is 0. The van der Waals surface area contributed by atoms with Gasteiger partial charge in [-0.2, -0.15) is 0 Å². The van der Waals surface area contributed by atoms with Gasteiger partial charge < -0.3 is 9.64 Å². The summed E-state index contributed by atoms with van der Waals surface area (Å²) < 4.78 is 5.62. The molecule has 1 unspecified atom stereocenters. The minimum atomic E-state index is -0.244. The maximum Gasteiger partial charge on any atom is 0.333 e. The van der Waals surface area contributed by atoms with E-state index in [-0.39, 0.29) is 12.1 Å². The highest BCUT2D eigenvalue weighted by atomic mass is 16.5. The molecule has 1 aliphatic rings. The highest BCUT2D eigenvalue weighted by Gasteiger charge is 2.31. The molecule has 0 aromatic heterocycles. The second-order valence-electron chi connectivity index (χ2n) is 6.91. The van der Waals surface area contributed by atoms with Crippen LogP contribution in [0.4, 0.5) is 0 Å². The van der Waals surface area contributed by atoms with Crippen molar-refractivity contribution in [3.05, 3.63) is 47.7 Å². The Morgan fingerprint density at radius 3 is 2.04 bits per heavy atom. The number of rotatable bonds is 12. The molecule has 0 radical (unpaired) electrons. The van der Waals surface area contributed by atoms with Crippen molar-refractivity contribution in [3.63, 3.8) is 0 Å².